The molecule has 3 fully saturated rings. The third-order valence-electron chi connectivity index (χ3n) is 5.81. The van der Waals surface area contributed by atoms with E-state index < -0.39 is 15.6 Å². The van der Waals surface area contributed by atoms with Crippen LogP contribution >= 0.6 is 0 Å². The van der Waals surface area contributed by atoms with E-state index in [1.54, 1.807) is 44.2 Å². The van der Waals surface area contributed by atoms with E-state index in [1.165, 1.54) is 24.0 Å². The molecule has 0 atom stereocenters. The molecule has 0 amide bonds. The highest BCUT2D eigenvalue weighted by molar-refractivity contribution is 7.88. The molecule has 0 radical (unpaired) electrons. The van der Waals surface area contributed by atoms with Crippen LogP contribution in [-0.2, 0) is 10.1 Å². The summed E-state index contributed by atoms with van der Waals surface area (Å²) in [5.74, 6) is 2.10. The number of nitrogens with one attached hydrogen (secondary N) is 1. The van der Waals surface area contributed by atoms with Crippen LogP contribution in [0.1, 0.15) is 56.4 Å². The Balaban J connectivity index is 0.000000246. The average molecular weight is 405 g/mol. The van der Waals surface area contributed by atoms with Gasteiger partial charge in [-0.15, -0.1) is 0 Å². The highest BCUT2D eigenvalue weighted by Crippen LogP contribution is 2.43. The number of para-hydroxylation sites is 1. The number of rotatable bonds is 3. The van der Waals surface area contributed by atoms with Gasteiger partial charge in [-0.1, -0.05) is 43.9 Å². The minimum absolute atomic E-state index is 0.00381. The van der Waals surface area contributed by atoms with Gasteiger partial charge in [0, 0.05) is 0 Å². The second-order valence-electron chi connectivity index (χ2n) is 7.67. The van der Waals surface area contributed by atoms with Gasteiger partial charge in [-0.2, -0.15) is 21.6 Å². The molecule has 0 aromatic heterocycles. The van der Waals surface area contributed by atoms with Crippen LogP contribution in [0, 0.1) is 11.8 Å². The molecule has 1 saturated heterocycles. The van der Waals surface area contributed by atoms with Gasteiger partial charge in [0.15, 0.2) is 0 Å². The van der Waals surface area contributed by atoms with Crippen LogP contribution in [0.3, 0.4) is 0 Å². The lowest BCUT2D eigenvalue weighted by atomic mass is 9.90. The minimum atomic E-state index is -5.63. The van der Waals surface area contributed by atoms with E-state index in [0.717, 1.165) is 25.9 Å². The fourth-order valence-corrected chi connectivity index (χ4v) is 4.85. The van der Waals surface area contributed by atoms with E-state index in [-0.39, 0.29) is 11.7 Å². The molecule has 0 spiro atoms. The number of hydrogen-bond acceptors (Lipinski definition) is 4. The molecular formula is C19H26F3NO3S. The Morgan fingerprint density at radius 2 is 1.48 bits per heavy atom. The first-order valence-corrected chi connectivity index (χ1v) is 11.0. The first-order chi connectivity index (χ1) is 12.8. The Hall–Kier alpha value is -1.28. The third kappa shape index (κ3) is 5.16. The fraction of sp³-hybridized carbons (Fsp3) is 0.684. The first kappa shape index (κ1) is 20.5. The van der Waals surface area contributed by atoms with Crippen molar-refractivity contribution in [3.05, 3.63) is 29.8 Å². The van der Waals surface area contributed by atoms with Gasteiger partial charge in [-0.05, 0) is 61.7 Å². The SMILES string of the molecule is C1CC2CCC1C2.O=S(=O)(Oc1ccccc1C1CCNCC1)C(F)(F)F. The standard InChI is InChI=1S/C12H14F3NO3S.C7H12/c13-12(14,15)20(17,18)19-11-4-2-1-3-10(11)9-5-7-16-8-6-9;1-2-7-4-3-6(1)5-7/h1-4,9,16H,5-8H2;6-7H,1-5H2. The third-order valence-corrected chi connectivity index (χ3v) is 6.78. The van der Waals surface area contributed by atoms with Gasteiger partial charge in [-0.25, -0.2) is 0 Å². The van der Waals surface area contributed by atoms with Crippen LogP contribution in [-0.4, -0.2) is 27.0 Å². The summed E-state index contributed by atoms with van der Waals surface area (Å²) < 4.78 is 63.6. The zero-order chi connectivity index (χ0) is 19.5. The maximum atomic E-state index is 12.4. The summed E-state index contributed by atoms with van der Waals surface area (Å²) >= 11 is 0. The van der Waals surface area contributed by atoms with Crippen molar-refractivity contribution in [2.75, 3.05) is 13.1 Å². The topological polar surface area (TPSA) is 55.4 Å². The van der Waals surface area contributed by atoms with E-state index >= 15 is 0 Å². The number of piperidine rings is 1. The molecule has 2 aliphatic carbocycles. The molecular weight excluding hydrogens is 379 g/mol. The van der Waals surface area contributed by atoms with Crippen molar-refractivity contribution in [2.45, 2.75) is 56.4 Å². The molecule has 4 nitrogen and oxygen atoms in total. The van der Waals surface area contributed by atoms with Gasteiger partial charge in [-0.3, -0.25) is 0 Å². The van der Waals surface area contributed by atoms with Crippen molar-refractivity contribution in [1.29, 1.82) is 0 Å². The first-order valence-electron chi connectivity index (χ1n) is 9.56. The predicted molar refractivity (Wildman–Crippen MR) is 97.0 cm³/mol. The van der Waals surface area contributed by atoms with Crippen LogP contribution < -0.4 is 9.50 Å². The van der Waals surface area contributed by atoms with Crippen LogP contribution in [0.15, 0.2) is 24.3 Å². The summed E-state index contributed by atoms with van der Waals surface area (Å²) in [6, 6.07) is 5.97. The minimum Gasteiger partial charge on any atom is -0.376 e. The Kier molecular flexibility index (Phi) is 6.35. The van der Waals surface area contributed by atoms with E-state index in [0.29, 0.717) is 5.56 Å². The molecule has 3 aliphatic rings. The molecule has 152 valence electrons. The lowest BCUT2D eigenvalue weighted by Crippen LogP contribution is -2.29. The van der Waals surface area contributed by atoms with Crippen LogP contribution in [0.25, 0.3) is 0 Å². The highest BCUT2D eigenvalue weighted by atomic mass is 32.2. The van der Waals surface area contributed by atoms with Crippen molar-refractivity contribution < 1.29 is 25.8 Å². The number of alkyl halides is 3. The Bertz CT molecular complexity index is 712. The van der Waals surface area contributed by atoms with Gasteiger partial charge < -0.3 is 9.50 Å². The predicted octanol–water partition coefficient (Wildman–Crippen LogP) is 4.58. The van der Waals surface area contributed by atoms with Crippen molar-refractivity contribution in [2.24, 2.45) is 11.8 Å². The zero-order valence-corrected chi connectivity index (χ0v) is 16.0. The van der Waals surface area contributed by atoms with Crippen molar-refractivity contribution in [3.8, 4) is 5.75 Å². The van der Waals surface area contributed by atoms with E-state index in [2.05, 4.69) is 9.50 Å². The van der Waals surface area contributed by atoms with Gasteiger partial charge in [0.25, 0.3) is 0 Å². The second kappa shape index (κ2) is 8.39. The lowest BCUT2D eigenvalue weighted by Gasteiger charge is -2.24. The molecule has 0 unspecified atom stereocenters. The largest absolute Gasteiger partial charge is 0.534 e. The van der Waals surface area contributed by atoms with E-state index in [9.17, 15) is 21.6 Å². The molecule has 8 heteroatoms. The summed E-state index contributed by atoms with van der Waals surface area (Å²) in [4.78, 5) is 0. The maximum Gasteiger partial charge on any atom is 0.534 e. The van der Waals surface area contributed by atoms with Crippen molar-refractivity contribution in [3.63, 3.8) is 0 Å². The summed E-state index contributed by atoms with van der Waals surface area (Å²) in [5.41, 5.74) is -4.92. The van der Waals surface area contributed by atoms with Crippen molar-refractivity contribution in [1.82, 2.24) is 5.32 Å². The normalized spacial score (nSPS) is 25.7. The quantitative estimate of drug-likeness (QED) is 0.591. The molecule has 1 aromatic rings. The number of benzene rings is 1. The van der Waals surface area contributed by atoms with Gasteiger partial charge >= 0.3 is 15.6 Å². The Morgan fingerprint density at radius 1 is 0.926 bits per heavy atom. The summed E-state index contributed by atoms with van der Waals surface area (Å²) in [6.45, 7) is 1.48. The molecule has 2 saturated carbocycles. The molecule has 2 bridgehead atoms. The zero-order valence-electron chi connectivity index (χ0n) is 15.2. The monoisotopic (exact) mass is 405 g/mol. The van der Waals surface area contributed by atoms with Gasteiger partial charge in [0.05, 0.1) is 0 Å². The Morgan fingerprint density at radius 3 is 1.96 bits per heavy atom. The van der Waals surface area contributed by atoms with Gasteiger partial charge in [0.2, 0.25) is 0 Å². The average Bonchev–Trinajstić information content (AvgIpc) is 3.28. The smallest absolute Gasteiger partial charge is 0.376 e. The number of fused-ring (bicyclic) bond motifs is 2. The second-order valence-corrected chi connectivity index (χ2v) is 9.21. The summed E-state index contributed by atoms with van der Waals surface area (Å²) in [6.07, 6.45) is 9.28. The van der Waals surface area contributed by atoms with E-state index in [1.807, 2.05) is 0 Å². The lowest BCUT2D eigenvalue weighted by molar-refractivity contribution is -0.0500. The highest BCUT2D eigenvalue weighted by Gasteiger charge is 2.48. The van der Waals surface area contributed by atoms with E-state index in [4.69, 9.17) is 0 Å². The van der Waals surface area contributed by atoms with Crippen molar-refractivity contribution >= 4 is 10.1 Å². The Labute approximate surface area is 158 Å². The van der Waals surface area contributed by atoms with Gasteiger partial charge in [0.1, 0.15) is 5.75 Å². The van der Waals surface area contributed by atoms with Crippen LogP contribution in [0.2, 0.25) is 0 Å². The number of halogens is 3. The molecule has 1 N–H and O–H groups in total. The summed E-state index contributed by atoms with van der Waals surface area (Å²) in [7, 11) is -5.63. The molecule has 27 heavy (non-hydrogen) atoms. The molecule has 1 aliphatic heterocycles. The molecule has 1 aromatic carbocycles. The summed E-state index contributed by atoms with van der Waals surface area (Å²) in [5, 5.41) is 3.14. The van der Waals surface area contributed by atoms with Crippen LogP contribution in [0.5, 0.6) is 5.75 Å². The molecule has 4 rings (SSSR count). The molecule has 1 heterocycles. The van der Waals surface area contributed by atoms with Crippen LogP contribution in [0.4, 0.5) is 13.2 Å². The number of hydrogen-bond donors (Lipinski definition) is 1. The fourth-order valence-electron chi connectivity index (χ4n) is 4.37. The maximum absolute atomic E-state index is 12.4.